The summed E-state index contributed by atoms with van der Waals surface area (Å²) in [7, 11) is 2.78. The molecule has 3 rings (SSSR count). The number of rotatable bonds is 6. The van der Waals surface area contributed by atoms with E-state index in [2.05, 4.69) is 4.98 Å². The highest BCUT2D eigenvalue weighted by Crippen LogP contribution is 2.37. The first kappa shape index (κ1) is 26.7. The van der Waals surface area contributed by atoms with Gasteiger partial charge < -0.3 is 24.2 Å². The number of methoxy groups -OCH3 is 2. The molecule has 35 heavy (non-hydrogen) atoms. The Bertz CT molecular complexity index is 955. The number of amides is 2. The van der Waals surface area contributed by atoms with E-state index in [1.54, 1.807) is 45.0 Å². The molecular weight excluding hydrogens is 454 g/mol. The molecule has 10 nitrogen and oxygen atoms in total. The number of aromatic nitrogens is 1. The molecule has 10 heteroatoms. The minimum atomic E-state index is -1.33. The van der Waals surface area contributed by atoms with Crippen molar-refractivity contribution in [3.63, 3.8) is 0 Å². The maximum atomic E-state index is 13.9. The van der Waals surface area contributed by atoms with Gasteiger partial charge in [-0.05, 0) is 39.5 Å². The lowest BCUT2D eigenvalue weighted by Crippen LogP contribution is -2.59. The number of likely N-dealkylation sites (tertiary alicyclic amines) is 1. The van der Waals surface area contributed by atoms with Gasteiger partial charge in [0.25, 0.3) is 0 Å². The van der Waals surface area contributed by atoms with Crippen molar-refractivity contribution in [3.8, 4) is 5.75 Å². The molecule has 0 aromatic carbocycles. The zero-order valence-corrected chi connectivity index (χ0v) is 21.6. The molecule has 0 radical (unpaired) electrons. The standard InChI is InChI=1S/C25H37N3O7/c1-14(2)16-11-26-20(10-19(16)33-6)28(15-8-9-15)22(30)17-12-27(24(32)35-25(3,4)5)13-18(21(17)29)23(31)34-7/h10-11,14-15,17-18,21,29H,8-9,12-13H2,1-7H3/t17?,18?,21-/m0/s1. The lowest BCUT2D eigenvalue weighted by molar-refractivity contribution is -0.156. The summed E-state index contributed by atoms with van der Waals surface area (Å²) in [4.78, 5) is 46.5. The first-order valence-electron chi connectivity index (χ1n) is 12.0. The number of nitrogens with zero attached hydrogens (tertiary/aromatic N) is 3. The molecule has 1 saturated carbocycles. The van der Waals surface area contributed by atoms with Crippen molar-refractivity contribution in [2.75, 3.05) is 32.2 Å². The van der Waals surface area contributed by atoms with Gasteiger partial charge in [0.1, 0.15) is 23.1 Å². The number of anilines is 1. The Kier molecular flexibility index (Phi) is 7.93. The highest BCUT2D eigenvalue weighted by molar-refractivity contribution is 5.97. The monoisotopic (exact) mass is 491 g/mol. The molecule has 1 aromatic heterocycles. The second-order valence-corrected chi connectivity index (χ2v) is 10.5. The van der Waals surface area contributed by atoms with Crippen molar-refractivity contribution >= 4 is 23.8 Å². The third-order valence-electron chi connectivity index (χ3n) is 6.25. The third kappa shape index (κ3) is 6.04. The minimum absolute atomic E-state index is 0.0784. The summed E-state index contributed by atoms with van der Waals surface area (Å²) in [5.74, 6) is -2.03. The number of carbonyl (C=O) groups is 3. The van der Waals surface area contributed by atoms with E-state index in [4.69, 9.17) is 14.2 Å². The number of esters is 1. The molecule has 194 valence electrons. The van der Waals surface area contributed by atoms with Crippen LogP contribution in [0.15, 0.2) is 12.3 Å². The molecule has 3 atom stereocenters. The van der Waals surface area contributed by atoms with E-state index >= 15 is 0 Å². The van der Waals surface area contributed by atoms with Crippen LogP contribution in [0.1, 0.15) is 58.9 Å². The Morgan fingerprint density at radius 1 is 1.14 bits per heavy atom. The van der Waals surface area contributed by atoms with Crippen LogP contribution in [-0.2, 0) is 19.1 Å². The Hall–Kier alpha value is -2.88. The number of aliphatic hydroxyl groups is 1. The zero-order chi connectivity index (χ0) is 26.1. The number of aliphatic hydroxyl groups excluding tert-OH is 1. The van der Waals surface area contributed by atoms with Crippen LogP contribution in [0, 0.1) is 11.8 Å². The van der Waals surface area contributed by atoms with E-state index in [-0.39, 0.29) is 25.0 Å². The molecule has 1 aliphatic heterocycles. The zero-order valence-electron chi connectivity index (χ0n) is 21.6. The molecule has 2 aliphatic rings. The fraction of sp³-hybridized carbons (Fsp3) is 0.680. The molecule has 1 aliphatic carbocycles. The average molecular weight is 492 g/mol. The lowest BCUT2D eigenvalue weighted by Gasteiger charge is -2.41. The van der Waals surface area contributed by atoms with Crippen molar-refractivity contribution in [3.05, 3.63) is 17.8 Å². The second-order valence-electron chi connectivity index (χ2n) is 10.5. The molecule has 1 N–H and O–H groups in total. The quantitative estimate of drug-likeness (QED) is 0.604. The summed E-state index contributed by atoms with van der Waals surface area (Å²) < 4.78 is 15.9. The van der Waals surface area contributed by atoms with Crippen LogP contribution < -0.4 is 9.64 Å². The van der Waals surface area contributed by atoms with E-state index in [0.717, 1.165) is 18.4 Å². The van der Waals surface area contributed by atoms with Crippen LogP contribution in [0.4, 0.5) is 10.6 Å². The van der Waals surface area contributed by atoms with Gasteiger partial charge in [0.15, 0.2) is 0 Å². The molecule has 2 fully saturated rings. The summed E-state index contributed by atoms with van der Waals surface area (Å²) >= 11 is 0. The molecule has 0 bridgehead atoms. The molecule has 2 heterocycles. The van der Waals surface area contributed by atoms with E-state index in [9.17, 15) is 19.5 Å². The van der Waals surface area contributed by atoms with Crippen LogP contribution in [0.25, 0.3) is 0 Å². The molecule has 0 spiro atoms. The first-order chi connectivity index (χ1) is 16.4. The molecule has 2 amide bonds. The third-order valence-corrected chi connectivity index (χ3v) is 6.25. The van der Waals surface area contributed by atoms with Gasteiger partial charge in [0.05, 0.1) is 26.2 Å². The number of hydrogen-bond donors (Lipinski definition) is 1. The maximum Gasteiger partial charge on any atom is 0.410 e. The minimum Gasteiger partial charge on any atom is -0.496 e. The Morgan fingerprint density at radius 2 is 1.77 bits per heavy atom. The van der Waals surface area contributed by atoms with E-state index in [1.165, 1.54) is 12.0 Å². The lowest BCUT2D eigenvalue weighted by atomic mass is 9.85. The van der Waals surface area contributed by atoms with Gasteiger partial charge in [0, 0.05) is 37.0 Å². The number of carbonyl (C=O) groups excluding carboxylic acids is 3. The Morgan fingerprint density at radius 3 is 2.29 bits per heavy atom. The second kappa shape index (κ2) is 10.4. The summed E-state index contributed by atoms with van der Waals surface area (Å²) in [5.41, 5.74) is 0.158. The van der Waals surface area contributed by atoms with Crippen molar-refractivity contribution in [2.24, 2.45) is 11.8 Å². The molecule has 2 unspecified atom stereocenters. The highest BCUT2D eigenvalue weighted by Gasteiger charge is 2.49. The normalized spacial score (nSPS) is 22.5. The number of piperidine rings is 1. The van der Waals surface area contributed by atoms with Crippen molar-refractivity contribution in [2.45, 2.75) is 71.1 Å². The van der Waals surface area contributed by atoms with Gasteiger partial charge in [-0.3, -0.25) is 14.5 Å². The average Bonchev–Trinajstić information content (AvgIpc) is 3.62. The smallest absolute Gasteiger partial charge is 0.410 e. The van der Waals surface area contributed by atoms with Gasteiger partial charge in [-0.25, -0.2) is 9.78 Å². The summed E-state index contributed by atoms with van der Waals surface area (Å²) in [6.07, 6.45) is 1.30. The summed E-state index contributed by atoms with van der Waals surface area (Å²) in [6.45, 7) is 9.06. The number of pyridine rings is 1. The van der Waals surface area contributed by atoms with Crippen molar-refractivity contribution in [1.29, 1.82) is 0 Å². The van der Waals surface area contributed by atoms with Crippen LogP contribution >= 0.6 is 0 Å². The molecule has 1 aromatic rings. The fourth-order valence-corrected chi connectivity index (χ4v) is 4.28. The first-order valence-corrected chi connectivity index (χ1v) is 12.0. The van der Waals surface area contributed by atoms with Gasteiger partial charge in [-0.15, -0.1) is 0 Å². The van der Waals surface area contributed by atoms with Crippen LogP contribution in [0.5, 0.6) is 5.75 Å². The predicted molar refractivity (Wildman–Crippen MR) is 128 cm³/mol. The summed E-state index contributed by atoms with van der Waals surface area (Å²) in [5, 5.41) is 11.1. The highest BCUT2D eigenvalue weighted by atomic mass is 16.6. The topological polar surface area (TPSA) is 118 Å². The number of hydrogen-bond acceptors (Lipinski definition) is 8. The fourth-order valence-electron chi connectivity index (χ4n) is 4.28. The van der Waals surface area contributed by atoms with Crippen molar-refractivity contribution < 1.29 is 33.7 Å². The van der Waals surface area contributed by atoms with Crippen LogP contribution in [0.3, 0.4) is 0 Å². The Labute approximate surface area is 206 Å². The molecule has 1 saturated heterocycles. The van der Waals surface area contributed by atoms with Gasteiger partial charge in [0.2, 0.25) is 5.91 Å². The van der Waals surface area contributed by atoms with E-state index in [1.807, 2.05) is 13.8 Å². The molecular formula is C25H37N3O7. The van der Waals surface area contributed by atoms with Gasteiger partial charge >= 0.3 is 12.1 Å². The van der Waals surface area contributed by atoms with Crippen LogP contribution in [0.2, 0.25) is 0 Å². The Balaban J connectivity index is 1.95. The van der Waals surface area contributed by atoms with Gasteiger partial charge in [-0.1, -0.05) is 13.8 Å². The largest absolute Gasteiger partial charge is 0.496 e. The SMILES string of the molecule is COC(=O)C1CN(C(=O)OC(C)(C)C)CC(C(=O)N(c2cc(OC)c(C(C)C)cn2)C2CC2)[C@@H]1O. The van der Waals surface area contributed by atoms with Gasteiger partial charge in [-0.2, -0.15) is 0 Å². The van der Waals surface area contributed by atoms with E-state index in [0.29, 0.717) is 11.6 Å². The van der Waals surface area contributed by atoms with Crippen molar-refractivity contribution in [1.82, 2.24) is 9.88 Å². The summed E-state index contributed by atoms with van der Waals surface area (Å²) in [6, 6.07) is 1.65. The van der Waals surface area contributed by atoms with Crippen LogP contribution in [-0.4, -0.2) is 78.0 Å². The predicted octanol–water partition coefficient (Wildman–Crippen LogP) is 2.73. The van der Waals surface area contributed by atoms with E-state index < -0.39 is 41.5 Å². The number of ether oxygens (including phenoxy) is 3. The maximum absolute atomic E-state index is 13.9.